The maximum atomic E-state index is 11.9. The topological polar surface area (TPSA) is 278 Å². The minimum absolute atomic E-state index is 0.166. The maximum Gasteiger partial charge on any atom is 0.333 e. The summed E-state index contributed by atoms with van der Waals surface area (Å²) in [5.41, 5.74) is -1.89. The van der Waals surface area contributed by atoms with Gasteiger partial charge in [0.2, 0.25) is 0 Å². The van der Waals surface area contributed by atoms with E-state index in [9.17, 15) is 28.8 Å². The molecule has 0 saturated carbocycles. The van der Waals surface area contributed by atoms with Crippen LogP contribution in [0.4, 0.5) is 0 Å². The van der Waals surface area contributed by atoms with E-state index in [-0.39, 0.29) is 126 Å². The molecule has 0 heterocycles. The van der Waals surface area contributed by atoms with Crippen molar-refractivity contribution in [1.82, 2.24) is 0 Å². The highest BCUT2D eigenvalue weighted by Crippen LogP contribution is 2.26. The Hall–Kier alpha value is -5.26. The molecule has 0 fully saturated rings. The highest BCUT2D eigenvalue weighted by molar-refractivity contribution is 5.88. The molecule has 0 aromatic rings. The van der Waals surface area contributed by atoms with Gasteiger partial charge < -0.3 is 33.2 Å². The van der Waals surface area contributed by atoms with Crippen molar-refractivity contribution in [2.75, 3.05) is 132 Å². The van der Waals surface area contributed by atoms with Gasteiger partial charge in [0.15, 0.2) is 0 Å². The normalized spacial score (nSPS) is 11.2. The lowest BCUT2D eigenvalue weighted by molar-refractivity contribution is -0.381. The van der Waals surface area contributed by atoms with Crippen LogP contribution in [0.25, 0.3) is 0 Å². The summed E-state index contributed by atoms with van der Waals surface area (Å²) in [6.07, 6.45) is 0. The molecule has 0 saturated heterocycles. The van der Waals surface area contributed by atoms with E-state index >= 15 is 0 Å². The molecular formula is C46H70O25. The summed E-state index contributed by atoms with van der Waals surface area (Å²) in [6, 6.07) is 0. The van der Waals surface area contributed by atoms with Crippen LogP contribution in [0, 0.1) is 10.8 Å². The quantitative estimate of drug-likeness (QED) is 0.0211. The minimum Gasteiger partial charge on any atom is -0.460 e. The van der Waals surface area contributed by atoms with Gasteiger partial charge >= 0.3 is 35.8 Å². The molecule has 0 aliphatic carbocycles. The number of rotatable bonds is 46. The third kappa shape index (κ3) is 33.9. The van der Waals surface area contributed by atoms with Crippen LogP contribution in [0.2, 0.25) is 0 Å². The second-order valence-corrected chi connectivity index (χ2v) is 15.5. The monoisotopic (exact) mass is 1020 g/mol. The minimum atomic E-state index is -1.44. The van der Waals surface area contributed by atoms with Crippen molar-refractivity contribution < 1.29 is 121 Å². The van der Waals surface area contributed by atoms with Crippen LogP contribution in [-0.2, 0) is 121 Å². The highest BCUT2D eigenvalue weighted by Gasteiger charge is 2.39. The Morgan fingerprint density at radius 3 is 0.549 bits per heavy atom. The Morgan fingerprint density at radius 1 is 0.254 bits per heavy atom. The Labute approximate surface area is 413 Å². The zero-order chi connectivity index (χ0) is 53.5. The Bertz CT molecular complexity index is 1410. The van der Waals surface area contributed by atoms with Gasteiger partial charge in [-0.25, -0.2) is 87.4 Å². The van der Waals surface area contributed by atoms with Crippen LogP contribution >= 0.6 is 0 Å². The van der Waals surface area contributed by atoms with Crippen molar-refractivity contribution in [2.24, 2.45) is 10.8 Å². The lowest BCUT2D eigenvalue weighted by Gasteiger charge is -2.35. The Kier molecular flexibility index (Phi) is 36.5. The number of ether oxygens (including phenoxy) is 7. The van der Waals surface area contributed by atoms with Crippen molar-refractivity contribution in [3.63, 3.8) is 0 Å². The molecule has 25 nitrogen and oxygen atoms in total. The summed E-state index contributed by atoms with van der Waals surface area (Å²) in [4.78, 5) is 136. The van der Waals surface area contributed by atoms with Crippen LogP contribution in [0.15, 0.2) is 72.9 Å². The van der Waals surface area contributed by atoms with Gasteiger partial charge in [0, 0.05) is 33.4 Å². The van der Waals surface area contributed by atoms with Gasteiger partial charge in [-0.15, -0.1) is 0 Å². The third-order valence-electron chi connectivity index (χ3n) is 8.00. The fraction of sp³-hybridized carbons (Fsp3) is 0.609. The first-order valence-corrected chi connectivity index (χ1v) is 21.7. The molecule has 0 aromatic carbocycles. The van der Waals surface area contributed by atoms with Gasteiger partial charge in [-0.1, -0.05) is 39.5 Å². The molecule has 0 aliphatic rings. The zero-order valence-electron chi connectivity index (χ0n) is 41.6. The molecule has 0 aromatic heterocycles. The average molecular weight is 1020 g/mol. The van der Waals surface area contributed by atoms with Gasteiger partial charge in [0.1, 0.15) is 79.3 Å². The van der Waals surface area contributed by atoms with E-state index in [4.69, 9.17) is 91.8 Å². The standard InChI is InChI=1S/C46H70O25/c1-33(2)39(47)54-13-19-60-66-27-45(28-67-61-20-14-55-40(48)34(3)4,29-68-62-21-15-56-41(49)35(5)6)25-53-26-46(30-69-63-22-16-57-42(50)36(7)8,31-70-64-23-17-58-43(51)37(9)10)32-71-65-24-18-59-44(52)38(11)12/h1,3,5,7,9,11,13-32H2,2,4,6,8,10,12H3. The van der Waals surface area contributed by atoms with E-state index in [1.807, 2.05) is 0 Å². The molecule has 0 bridgehead atoms. The van der Waals surface area contributed by atoms with Gasteiger partial charge in [0.25, 0.3) is 0 Å². The fourth-order valence-corrected chi connectivity index (χ4v) is 4.09. The van der Waals surface area contributed by atoms with E-state index in [1.54, 1.807) is 0 Å². The molecule has 0 rings (SSSR count). The lowest BCUT2D eigenvalue weighted by Crippen LogP contribution is -2.46. The summed E-state index contributed by atoms with van der Waals surface area (Å²) >= 11 is 0. The predicted molar refractivity (Wildman–Crippen MR) is 242 cm³/mol. The fourth-order valence-electron chi connectivity index (χ4n) is 4.09. The zero-order valence-corrected chi connectivity index (χ0v) is 41.6. The molecule has 0 radical (unpaired) electrons. The van der Waals surface area contributed by atoms with Crippen LogP contribution in [-0.4, -0.2) is 168 Å². The smallest absolute Gasteiger partial charge is 0.333 e. The molecule has 0 aliphatic heterocycles. The second kappa shape index (κ2) is 39.4. The summed E-state index contributed by atoms with van der Waals surface area (Å²) in [5.74, 6) is -3.91. The van der Waals surface area contributed by atoms with Crippen molar-refractivity contribution in [3.05, 3.63) is 72.9 Å². The number of hydrogen-bond donors (Lipinski definition) is 0. The van der Waals surface area contributed by atoms with Crippen molar-refractivity contribution in [3.8, 4) is 0 Å². The van der Waals surface area contributed by atoms with E-state index < -0.39 is 86.3 Å². The third-order valence-corrected chi connectivity index (χ3v) is 8.00. The Balaban J connectivity index is 6.68. The highest BCUT2D eigenvalue weighted by atomic mass is 17.2. The first-order chi connectivity index (χ1) is 33.7. The van der Waals surface area contributed by atoms with E-state index in [0.717, 1.165) is 0 Å². The summed E-state index contributed by atoms with van der Waals surface area (Å²) in [7, 11) is 0. The summed E-state index contributed by atoms with van der Waals surface area (Å²) in [6.45, 7) is 24.2. The van der Waals surface area contributed by atoms with Crippen molar-refractivity contribution >= 4 is 35.8 Å². The summed E-state index contributed by atoms with van der Waals surface area (Å²) in [5, 5.41) is 0. The van der Waals surface area contributed by atoms with Crippen LogP contribution < -0.4 is 0 Å². The first-order valence-electron chi connectivity index (χ1n) is 21.7. The van der Waals surface area contributed by atoms with Crippen molar-refractivity contribution in [1.29, 1.82) is 0 Å². The second-order valence-electron chi connectivity index (χ2n) is 15.5. The van der Waals surface area contributed by atoms with Crippen LogP contribution in [0.3, 0.4) is 0 Å². The molecule has 0 unspecified atom stereocenters. The number of carbonyl (C=O) groups excluding carboxylic acids is 6. The van der Waals surface area contributed by atoms with Gasteiger partial charge in [-0.3, -0.25) is 0 Å². The van der Waals surface area contributed by atoms with Gasteiger partial charge in [-0.2, -0.15) is 0 Å². The van der Waals surface area contributed by atoms with Crippen LogP contribution in [0.1, 0.15) is 41.5 Å². The number of esters is 6. The average Bonchev–Trinajstić information content (AvgIpc) is 3.31. The molecule has 71 heavy (non-hydrogen) atoms. The largest absolute Gasteiger partial charge is 0.460 e. The van der Waals surface area contributed by atoms with E-state index in [1.165, 1.54) is 41.5 Å². The lowest BCUT2D eigenvalue weighted by atomic mass is 9.90. The maximum absolute atomic E-state index is 11.9. The van der Waals surface area contributed by atoms with Crippen LogP contribution in [0.5, 0.6) is 0 Å². The molecule has 25 heteroatoms. The van der Waals surface area contributed by atoms with E-state index in [2.05, 4.69) is 39.5 Å². The molecular weight excluding hydrogens is 952 g/mol. The van der Waals surface area contributed by atoms with Crippen molar-refractivity contribution in [2.45, 2.75) is 41.5 Å². The number of hydrogen-bond acceptors (Lipinski definition) is 25. The summed E-state index contributed by atoms with van der Waals surface area (Å²) < 4.78 is 36.6. The molecule has 0 atom stereocenters. The Morgan fingerprint density at radius 2 is 0.408 bits per heavy atom. The van der Waals surface area contributed by atoms with Gasteiger partial charge in [0.05, 0.1) is 63.7 Å². The van der Waals surface area contributed by atoms with E-state index in [0.29, 0.717) is 0 Å². The SMILES string of the molecule is C=C(C)C(=O)OCCOOCC(COCC(COOCCOC(=O)C(=C)C)(COOCCOC(=O)C(=C)C)COOCCOC(=O)C(=C)C)(COOCCOC(=O)C(=C)C)COOCCOC(=O)C(=C)C. The first kappa shape index (κ1) is 65.7. The molecule has 404 valence electrons. The predicted octanol–water partition coefficient (Wildman–Crippen LogP) is 3.38. The molecule has 0 amide bonds. The number of carbonyl (C=O) groups is 6. The molecule has 0 N–H and O–H groups in total. The van der Waals surface area contributed by atoms with Gasteiger partial charge in [-0.05, 0) is 41.5 Å². The molecule has 0 spiro atoms.